The minimum absolute atomic E-state index is 0.0236. The Labute approximate surface area is 308 Å². The van der Waals surface area contributed by atoms with E-state index in [0.717, 1.165) is 64.9 Å². The van der Waals surface area contributed by atoms with Crippen molar-refractivity contribution in [3.8, 4) is 40.0 Å². The molecular formula is C39H43Cl2N5O5. The van der Waals surface area contributed by atoms with E-state index in [1.807, 2.05) is 49.4 Å². The number of aliphatic hydroxyl groups is 1. The third kappa shape index (κ3) is 7.25. The van der Waals surface area contributed by atoms with Crippen LogP contribution >= 0.6 is 23.2 Å². The standard InChI is InChI=1S/C39H43Cl2N5O5/c1-39(48)21-46(22-39)19-24-11-13-32(43-36(24)49-3)30-10-6-9-29(34(30)41)26-7-5-8-28-27(26)12-14-33(28)51-38-31(40)17-25(37(44-38)50-4)20-45-16-15-23(18-45)35(47)42-2/h5-11,13,17,23,33,48H,12,14-16,18-22H2,1-4H3,(H,42,47)/t23?,33-/m0/s1. The van der Waals surface area contributed by atoms with Gasteiger partial charge in [-0.3, -0.25) is 14.6 Å². The van der Waals surface area contributed by atoms with E-state index < -0.39 is 5.60 Å². The van der Waals surface area contributed by atoms with Gasteiger partial charge in [0.05, 0.1) is 36.5 Å². The summed E-state index contributed by atoms with van der Waals surface area (Å²) in [5.41, 5.74) is 6.92. The van der Waals surface area contributed by atoms with Crippen molar-refractivity contribution >= 4 is 29.1 Å². The lowest BCUT2D eigenvalue weighted by atomic mass is 9.94. The first-order valence-electron chi connectivity index (χ1n) is 17.3. The van der Waals surface area contributed by atoms with Crippen LogP contribution in [0.1, 0.15) is 48.1 Å². The van der Waals surface area contributed by atoms with Crippen molar-refractivity contribution in [1.82, 2.24) is 25.1 Å². The van der Waals surface area contributed by atoms with Gasteiger partial charge in [0.15, 0.2) is 0 Å². The highest BCUT2D eigenvalue weighted by atomic mass is 35.5. The number of likely N-dealkylation sites (tertiary alicyclic amines) is 2. The maximum Gasteiger partial charge on any atom is 0.236 e. The van der Waals surface area contributed by atoms with Gasteiger partial charge in [0.25, 0.3) is 0 Å². The van der Waals surface area contributed by atoms with Crippen molar-refractivity contribution in [2.24, 2.45) is 5.92 Å². The fourth-order valence-electron chi connectivity index (χ4n) is 7.75. The van der Waals surface area contributed by atoms with Crippen LogP contribution in [0.15, 0.2) is 54.6 Å². The predicted molar refractivity (Wildman–Crippen MR) is 198 cm³/mol. The van der Waals surface area contributed by atoms with Crippen molar-refractivity contribution < 1.29 is 24.1 Å². The van der Waals surface area contributed by atoms with Crippen LogP contribution in [0.4, 0.5) is 0 Å². The van der Waals surface area contributed by atoms with E-state index in [-0.39, 0.29) is 17.9 Å². The molecule has 4 heterocycles. The summed E-state index contributed by atoms with van der Waals surface area (Å²) in [6.07, 6.45) is 2.12. The molecule has 2 aromatic heterocycles. The van der Waals surface area contributed by atoms with Crippen LogP contribution in [0.5, 0.6) is 17.6 Å². The van der Waals surface area contributed by atoms with Crippen molar-refractivity contribution in [3.63, 3.8) is 0 Å². The number of amides is 1. The van der Waals surface area contributed by atoms with Gasteiger partial charge in [0.1, 0.15) is 11.1 Å². The van der Waals surface area contributed by atoms with Gasteiger partial charge in [-0.2, -0.15) is 4.98 Å². The maximum absolute atomic E-state index is 12.1. The number of fused-ring (bicyclic) bond motifs is 1. The smallest absolute Gasteiger partial charge is 0.236 e. The minimum atomic E-state index is -0.642. The monoisotopic (exact) mass is 731 g/mol. The second-order valence-corrected chi connectivity index (χ2v) is 14.8. The Bertz CT molecular complexity index is 1950. The van der Waals surface area contributed by atoms with E-state index in [0.29, 0.717) is 60.4 Å². The van der Waals surface area contributed by atoms with Crippen LogP contribution in [-0.2, 0) is 24.3 Å². The molecule has 0 radical (unpaired) electrons. The molecule has 0 spiro atoms. The highest BCUT2D eigenvalue weighted by Gasteiger charge is 2.37. The lowest BCUT2D eigenvalue weighted by Crippen LogP contribution is -2.59. The topological polar surface area (TPSA) is 109 Å². The summed E-state index contributed by atoms with van der Waals surface area (Å²) in [4.78, 5) is 26.0. The number of nitrogens with zero attached hydrogens (tertiary/aromatic N) is 4. The number of rotatable bonds is 11. The Balaban J connectivity index is 1.10. The molecular weight excluding hydrogens is 689 g/mol. The molecule has 0 bridgehead atoms. The Morgan fingerprint density at radius 3 is 2.37 bits per heavy atom. The van der Waals surface area contributed by atoms with Crippen molar-refractivity contribution in [3.05, 3.63) is 86.9 Å². The number of nitrogens with one attached hydrogen (secondary N) is 1. The maximum atomic E-state index is 12.1. The fraction of sp³-hybridized carbons (Fsp3) is 0.410. The van der Waals surface area contributed by atoms with E-state index in [2.05, 4.69) is 27.2 Å². The van der Waals surface area contributed by atoms with E-state index in [1.165, 1.54) is 5.56 Å². The van der Waals surface area contributed by atoms with Crippen LogP contribution in [0.25, 0.3) is 22.4 Å². The SMILES string of the molecule is CNC(=O)C1CCN(Cc2cc(Cl)c(O[C@H]3CCc4c(-c5cccc(-c6ccc(CN7CC(C)(O)C7)c(OC)n6)c5Cl)cccc43)nc2OC)C1. The summed E-state index contributed by atoms with van der Waals surface area (Å²) in [6, 6.07) is 18.1. The van der Waals surface area contributed by atoms with Crippen LogP contribution in [0, 0.1) is 5.92 Å². The quantitative estimate of drug-likeness (QED) is 0.183. The minimum Gasteiger partial charge on any atom is -0.481 e. The number of benzene rings is 2. The molecule has 1 amide bonds. The Morgan fingerprint density at radius 2 is 1.63 bits per heavy atom. The summed E-state index contributed by atoms with van der Waals surface area (Å²) in [6.45, 7) is 5.79. The van der Waals surface area contributed by atoms with Gasteiger partial charge in [-0.05, 0) is 61.6 Å². The normalized spacial score (nSPS) is 19.7. The molecule has 2 aliphatic heterocycles. The molecule has 2 atom stereocenters. The number of ether oxygens (including phenoxy) is 3. The zero-order valence-electron chi connectivity index (χ0n) is 29.3. The number of pyridine rings is 2. The van der Waals surface area contributed by atoms with E-state index in [4.69, 9.17) is 47.4 Å². The number of aromatic nitrogens is 2. The van der Waals surface area contributed by atoms with Gasteiger partial charge in [0.2, 0.25) is 23.5 Å². The fourth-order valence-corrected chi connectivity index (χ4v) is 8.29. The molecule has 12 heteroatoms. The average Bonchev–Trinajstić information content (AvgIpc) is 3.76. The largest absolute Gasteiger partial charge is 0.481 e. The van der Waals surface area contributed by atoms with Gasteiger partial charge in [-0.25, -0.2) is 4.98 Å². The molecule has 2 aromatic carbocycles. The van der Waals surface area contributed by atoms with Crippen molar-refractivity contribution in [2.45, 2.75) is 51.0 Å². The average molecular weight is 733 g/mol. The van der Waals surface area contributed by atoms with Gasteiger partial charge >= 0.3 is 0 Å². The Hall–Kier alpha value is -3.93. The molecule has 0 saturated carbocycles. The second-order valence-electron chi connectivity index (χ2n) is 14.0. The molecule has 1 aliphatic carbocycles. The number of hydrogen-bond donors (Lipinski definition) is 2. The van der Waals surface area contributed by atoms with Crippen molar-refractivity contribution in [2.75, 3.05) is 47.4 Å². The Morgan fingerprint density at radius 1 is 0.922 bits per heavy atom. The first-order valence-corrected chi connectivity index (χ1v) is 18.1. The highest BCUT2D eigenvalue weighted by molar-refractivity contribution is 6.36. The zero-order chi connectivity index (χ0) is 35.9. The number of β-amino-alcohol motifs (C(OH)–C–C–N with tert-alkyl or cyclic N) is 1. The predicted octanol–water partition coefficient (Wildman–Crippen LogP) is 6.34. The molecule has 51 heavy (non-hydrogen) atoms. The van der Waals surface area contributed by atoms with Crippen molar-refractivity contribution in [1.29, 1.82) is 0 Å². The summed E-state index contributed by atoms with van der Waals surface area (Å²) < 4.78 is 17.9. The van der Waals surface area contributed by atoms with Crippen LogP contribution in [-0.4, -0.2) is 83.8 Å². The molecule has 2 saturated heterocycles. The van der Waals surface area contributed by atoms with Crippen LogP contribution in [0.3, 0.4) is 0 Å². The van der Waals surface area contributed by atoms with Crippen LogP contribution in [0.2, 0.25) is 10.0 Å². The molecule has 2 fully saturated rings. The molecule has 10 nitrogen and oxygen atoms in total. The van der Waals surface area contributed by atoms with E-state index in [1.54, 1.807) is 21.3 Å². The van der Waals surface area contributed by atoms with E-state index in [9.17, 15) is 9.90 Å². The van der Waals surface area contributed by atoms with Gasteiger partial charge in [-0.15, -0.1) is 0 Å². The summed E-state index contributed by atoms with van der Waals surface area (Å²) in [5.74, 6) is 1.37. The summed E-state index contributed by atoms with van der Waals surface area (Å²) in [7, 11) is 4.89. The van der Waals surface area contributed by atoms with Gasteiger partial charge in [0, 0.05) is 62.0 Å². The first-order chi connectivity index (χ1) is 24.6. The number of carbonyl (C=O) groups excluding carboxylic acids is 1. The highest BCUT2D eigenvalue weighted by Crippen LogP contribution is 2.45. The third-order valence-corrected chi connectivity index (χ3v) is 10.8. The summed E-state index contributed by atoms with van der Waals surface area (Å²) >= 11 is 14.0. The molecule has 3 aliphatic rings. The molecule has 2 N–H and O–H groups in total. The summed E-state index contributed by atoms with van der Waals surface area (Å²) in [5, 5.41) is 13.9. The zero-order valence-corrected chi connectivity index (χ0v) is 30.9. The first kappa shape index (κ1) is 35.5. The van der Waals surface area contributed by atoms with Crippen LogP contribution < -0.4 is 19.5 Å². The second kappa shape index (κ2) is 14.6. The lowest BCUT2D eigenvalue weighted by molar-refractivity contribution is -0.124. The molecule has 4 aromatic rings. The van der Waals surface area contributed by atoms with E-state index >= 15 is 0 Å². The third-order valence-electron chi connectivity index (χ3n) is 10.1. The number of hydrogen-bond acceptors (Lipinski definition) is 9. The number of methoxy groups -OCH3 is 2. The number of carbonyl (C=O) groups is 1. The lowest BCUT2D eigenvalue weighted by Gasteiger charge is -2.44. The Kier molecular flexibility index (Phi) is 10.2. The molecule has 268 valence electrons. The van der Waals surface area contributed by atoms with Gasteiger partial charge in [-0.1, -0.05) is 65.7 Å². The number of halogens is 2. The molecule has 1 unspecified atom stereocenters. The van der Waals surface area contributed by atoms with Gasteiger partial charge < -0.3 is 24.6 Å². The molecule has 7 rings (SSSR count).